The molecule has 0 aliphatic heterocycles. The van der Waals surface area contributed by atoms with Crippen molar-refractivity contribution in [3.63, 3.8) is 0 Å². The third-order valence-electron chi connectivity index (χ3n) is 9.16. The van der Waals surface area contributed by atoms with E-state index >= 15 is 0 Å². The molecule has 218 valence electrons. The maximum Gasteiger partial charge on any atom is 0.166 e. The van der Waals surface area contributed by atoms with Crippen LogP contribution in [0, 0.1) is 0 Å². The Balaban J connectivity index is 1.30. The number of rotatable bonds is 3. The summed E-state index contributed by atoms with van der Waals surface area (Å²) in [6.07, 6.45) is 3.59. The third kappa shape index (κ3) is 4.03. The van der Waals surface area contributed by atoms with Gasteiger partial charge in [-0.1, -0.05) is 115 Å². The molecule has 0 atom stereocenters. The number of aromatic nitrogens is 4. The van der Waals surface area contributed by atoms with Gasteiger partial charge in [-0.15, -0.1) is 0 Å². The number of hydrogen-bond acceptors (Lipinski definition) is 5. The molecule has 3 aromatic heterocycles. The molecule has 0 unspecified atom stereocenters. The maximum absolute atomic E-state index is 6.20. The van der Waals surface area contributed by atoms with Crippen molar-refractivity contribution in [2.75, 3.05) is 0 Å². The summed E-state index contributed by atoms with van der Waals surface area (Å²) in [5, 5.41) is 11.3. The zero-order valence-electron chi connectivity index (χ0n) is 25.1. The topological polar surface area (TPSA) is 64.7 Å². The quantitative estimate of drug-likeness (QED) is 0.189. The first-order valence-corrected chi connectivity index (χ1v) is 15.6. The first-order chi connectivity index (χ1) is 23.3. The molecular formula is C42H24N4O. The van der Waals surface area contributed by atoms with Gasteiger partial charge in [0.25, 0.3) is 0 Å². The minimum absolute atomic E-state index is 0.547. The van der Waals surface area contributed by atoms with Crippen molar-refractivity contribution in [1.29, 1.82) is 0 Å². The van der Waals surface area contributed by atoms with Crippen LogP contribution in [-0.2, 0) is 0 Å². The second-order valence-electron chi connectivity index (χ2n) is 11.9. The molecule has 0 saturated carbocycles. The molecule has 0 N–H and O–H groups in total. The van der Waals surface area contributed by atoms with Gasteiger partial charge in [0.05, 0.1) is 6.20 Å². The van der Waals surface area contributed by atoms with Crippen molar-refractivity contribution in [3.05, 3.63) is 146 Å². The Bertz CT molecular complexity index is 2870. The predicted molar refractivity (Wildman–Crippen MR) is 191 cm³/mol. The van der Waals surface area contributed by atoms with Crippen LogP contribution in [0.1, 0.15) is 0 Å². The van der Waals surface area contributed by atoms with Crippen molar-refractivity contribution < 1.29 is 4.42 Å². The smallest absolute Gasteiger partial charge is 0.166 e. The Morgan fingerprint density at radius 2 is 1.02 bits per heavy atom. The van der Waals surface area contributed by atoms with E-state index in [-0.39, 0.29) is 0 Å². The van der Waals surface area contributed by atoms with Gasteiger partial charge in [-0.25, -0.2) is 15.0 Å². The fourth-order valence-corrected chi connectivity index (χ4v) is 6.98. The number of pyridine rings is 1. The van der Waals surface area contributed by atoms with Crippen molar-refractivity contribution in [3.8, 4) is 34.2 Å². The van der Waals surface area contributed by atoms with Gasteiger partial charge in [0.15, 0.2) is 23.1 Å². The molecule has 0 radical (unpaired) electrons. The second-order valence-corrected chi connectivity index (χ2v) is 11.9. The van der Waals surface area contributed by atoms with Crippen LogP contribution in [0.15, 0.2) is 150 Å². The van der Waals surface area contributed by atoms with Crippen LogP contribution in [0.3, 0.4) is 0 Å². The molecule has 0 spiro atoms. The van der Waals surface area contributed by atoms with E-state index in [1.807, 2.05) is 24.4 Å². The number of para-hydroxylation sites is 1. The standard InChI is InChI=1S/C42H24N4O/c1-2-11-27-21-29(20-17-25(27)9-1)40-44-41(46-42(45-40)35-23-43-24-37-39(35)33-15-7-8-16-36(33)47-37)34-22-28-19-18-26-10-3-4-12-30(26)38(28)32-14-6-5-13-31(32)34/h1-24H. The summed E-state index contributed by atoms with van der Waals surface area (Å²) in [5.41, 5.74) is 4.16. The summed E-state index contributed by atoms with van der Waals surface area (Å²) in [6.45, 7) is 0. The van der Waals surface area contributed by atoms with E-state index < -0.39 is 0 Å². The normalized spacial score (nSPS) is 11.8. The van der Waals surface area contributed by atoms with Crippen molar-refractivity contribution >= 4 is 65.0 Å². The molecule has 5 nitrogen and oxygen atoms in total. The maximum atomic E-state index is 6.20. The molecule has 0 aliphatic carbocycles. The van der Waals surface area contributed by atoms with E-state index in [9.17, 15) is 0 Å². The number of benzene rings is 7. The first-order valence-electron chi connectivity index (χ1n) is 15.6. The Hall–Kier alpha value is -6.46. The van der Waals surface area contributed by atoms with Crippen LogP contribution in [-0.4, -0.2) is 19.9 Å². The highest BCUT2D eigenvalue weighted by Crippen LogP contribution is 2.40. The summed E-state index contributed by atoms with van der Waals surface area (Å²) in [4.78, 5) is 20.1. The minimum atomic E-state index is 0.547. The Morgan fingerprint density at radius 1 is 0.383 bits per heavy atom. The van der Waals surface area contributed by atoms with Crippen LogP contribution in [0.2, 0.25) is 0 Å². The lowest BCUT2D eigenvalue weighted by molar-refractivity contribution is 0.667. The SMILES string of the molecule is c1ccc2cc(-c3nc(-c4cc5ccc6ccccc6c5c5ccccc45)nc(-c4cncc5oc6ccccc6c45)n3)ccc2c1. The van der Waals surface area contributed by atoms with Gasteiger partial charge < -0.3 is 4.42 Å². The third-order valence-corrected chi connectivity index (χ3v) is 9.16. The molecule has 0 fully saturated rings. The molecule has 0 amide bonds. The van der Waals surface area contributed by atoms with Gasteiger partial charge >= 0.3 is 0 Å². The molecule has 7 aromatic carbocycles. The number of furan rings is 1. The molecule has 0 aliphatic rings. The highest BCUT2D eigenvalue weighted by Gasteiger charge is 2.20. The van der Waals surface area contributed by atoms with Crippen LogP contribution in [0.4, 0.5) is 0 Å². The summed E-state index contributed by atoms with van der Waals surface area (Å²) < 4.78 is 6.20. The minimum Gasteiger partial charge on any atom is -0.454 e. The van der Waals surface area contributed by atoms with Crippen molar-refractivity contribution in [2.45, 2.75) is 0 Å². The average Bonchev–Trinajstić information content (AvgIpc) is 3.53. The fourth-order valence-electron chi connectivity index (χ4n) is 6.98. The molecule has 10 rings (SSSR count). The molecular weight excluding hydrogens is 576 g/mol. The number of hydrogen-bond donors (Lipinski definition) is 0. The highest BCUT2D eigenvalue weighted by atomic mass is 16.3. The number of nitrogens with zero attached hydrogens (tertiary/aromatic N) is 4. The van der Waals surface area contributed by atoms with Gasteiger partial charge in [-0.05, 0) is 61.3 Å². The average molecular weight is 601 g/mol. The van der Waals surface area contributed by atoms with Gasteiger partial charge in [0.1, 0.15) is 5.58 Å². The van der Waals surface area contributed by atoms with Gasteiger partial charge in [-0.3, -0.25) is 4.98 Å². The molecule has 10 aromatic rings. The molecule has 0 bridgehead atoms. The van der Waals surface area contributed by atoms with Gasteiger partial charge in [0, 0.05) is 33.7 Å². The van der Waals surface area contributed by atoms with Crippen molar-refractivity contribution in [1.82, 2.24) is 19.9 Å². The molecule has 0 saturated heterocycles. The van der Waals surface area contributed by atoms with Crippen LogP contribution >= 0.6 is 0 Å². The van der Waals surface area contributed by atoms with Crippen molar-refractivity contribution in [2.24, 2.45) is 0 Å². The lowest BCUT2D eigenvalue weighted by Crippen LogP contribution is -2.01. The first kappa shape index (κ1) is 25.8. The lowest BCUT2D eigenvalue weighted by Gasteiger charge is -2.14. The summed E-state index contributed by atoms with van der Waals surface area (Å²) in [5.74, 6) is 1.75. The highest BCUT2D eigenvalue weighted by molar-refractivity contribution is 6.23. The monoisotopic (exact) mass is 600 g/mol. The van der Waals surface area contributed by atoms with E-state index in [4.69, 9.17) is 19.4 Å². The Morgan fingerprint density at radius 3 is 1.89 bits per heavy atom. The Kier molecular flexibility index (Phi) is 5.51. The lowest BCUT2D eigenvalue weighted by atomic mass is 9.93. The van der Waals surface area contributed by atoms with Crippen LogP contribution in [0.5, 0.6) is 0 Å². The second kappa shape index (κ2) is 10.0. The molecule has 3 heterocycles. The number of fused-ring (bicyclic) bond motifs is 9. The van der Waals surface area contributed by atoms with E-state index in [0.29, 0.717) is 23.1 Å². The van der Waals surface area contributed by atoms with Gasteiger partial charge in [-0.2, -0.15) is 0 Å². The molecule has 47 heavy (non-hydrogen) atoms. The van der Waals surface area contributed by atoms with Gasteiger partial charge in [0.2, 0.25) is 0 Å². The van der Waals surface area contributed by atoms with E-state index in [2.05, 4.69) is 120 Å². The summed E-state index contributed by atoms with van der Waals surface area (Å²) in [6, 6.07) is 46.4. The van der Waals surface area contributed by atoms with Crippen LogP contribution in [0.25, 0.3) is 99.2 Å². The zero-order chi connectivity index (χ0) is 30.9. The van der Waals surface area contributed by atoms with Crippen LogP contribution < -0.4 is 0 Å². The zero-order valence-corrected chi connectivity index (χ0v) is 25.1. The summed E-state index contributed by atoms with van der Waals surface area (Å²) >= 11 is 0. The fraction of sp³-hybridized carbons (Fsp3) is 0. The van der Waals surface area contributed by atoms with E-state index in [1.54, 1.807) is 6.20 Å². The van der Waals surface area contributed by atoms with E-state index in [1.165, 1.54) is 16.2 Å². The predicted octanol–water partition coefficient (Wildman–Crippen LogP) is 10.8. The summed E-state index contributed by atoms with van der Waals surface area (Å²) in [7, 11) is 0. The van der Waals surface area contributed by atoms with E-state index in [0.717, 1.165) is 60.0 Å². The largest absolute Gasteiger partial charge is 0.454 e. The Labute approximate surface area is 268 Å². The molecule has 5 heteroatoms.